The van der Waals surface area contributed by atoms with Crippen LogP contribution in [0.15, 0.2) is 18.3 Å². The molecule has 3 heterocycles. The third-order valence-electron chi connectivity index (χ3n) is 3.17. The number of nitrogens with zero attached hydrogens (tertiary/aromatic N) is 4. The van der Waals surface area contributed by atoms with Crippen molar-refractivity contribution in [1.29, 1.82) is 0 Å². The molecular weight excluding hydrogens is 230 g/mol. The molecule has 0 bridgehead atoms. The normalized spacial score (nSPS) is 20.6. The summed E-state index contributed by atoms with van der Waals surface area (Å²) in [5, 5.41) is 4.48. The van der Waals surface area contributed by atoms with Crippen LogP contribution in [0.25, 0.3) is 5.65 Å². The van der Waals surface area contributed by atoms with Crippen molar-refractivity contribution in [3.05, 3.63) is 23.9 Å². The predicted molar refractivity (Wildman–Crippen MR) is 68.7 cm³/mol. The number of rotatable bonds is 2. The van der Waals surface area contributed by atoms with Gasteiger partial charge in [-0.3, -0.25) is 0 Å². The number of pyridine rings is 1. The van der Waals surface area contributed by atoms with Crippen LogP contribution in [-0.4, -0.2) is 46.9 Å². The van der Waals surface area contributed by atoms with Crippen molar-refractivity contribution < 1.29 is 4.74 Å². The highest BCUT2D eigenvalue weighted by molar-refractivity contribution is 5.46. The molecule has 3 rings (SSSR count). The minimum atomic E-state index is 0.0760. The van der Waals surface area contributed by atoms with Crippen LogP contribution in [0.4, 0.5) is 5.95 Å². The number of aromatic nitrogens is 3. The number of ether oxygens (including phenoxy) is 1. The lowest BCUT2D eigenvalue weighted by atomic mass is 10.3. The second-order valence-electron chi connectivity index (χ2n) is 4.59. The summed E-state index contributed by atoms with van der Waals surface area (Å²) in [7, 11) is 0. The van der Waals surface area contributed by atoms with Crippen LogP contribution in [0.2, 0.25) is 0 Å². The molecule has 2 N–H and O–H groups in total. The largest absolute Gasteiger partial charge is 0.373 e. The van der Waals surface area contributed by atoms with Gasteiger partial charge in [0.15, 0.2) is 5.65 Å². The highest BCUT2D eigenvalue weighted by Gasteiger charge is 2.22. The Morgan fingerprint density at radius 3 is 3.28 bits per heavy atom. The molecule has 2 aromatic rings. The van der Waals surface area contributed by atoms with Gasteiger partial charge in [0.1, 0.15) is 0 Å². The Hall–Kier alpha value is -1.66. The molecule has 1 unspecified atom stereocenters. The maximum Gasteiger partial charge on any atom is 0.245 e. The van der Waals surface area contributed by atoms with E-state index in [1.165, 1.54) is 5.56 Å². The van der Waals surface area contributed by atoms with E-state index >= 15 is 0 Å². The van der Waals surface area contributed by atoms with Crippen molar-refractivity contribution in [3.63, 3.8) is 0 Å². The lowest BCUT2D eigenvalue weighted by Gasteiger charge is -2.31. The highest BCUT2D eigenvalue weighted by atomic mass is 16.5. The number of anilines is 1. The van der Waals surface area contributed by atoms with E-state index in [2.05, 4.69) is 15.0 Å². The summed E-state index contributed by atoms with van der Waals surface area (Å²) < 4.78 is 7.34. The lowest BCUT2D eigenvalue weighted by molar-refractivity contribution is 0.0460. The van der Waals surface area contributed by atoms with Crippen molar-refractivity contribution >= 4 is 11.6 Å². The van der Waals surface area contributed by atoms with Crippen molar-refractivity contribution in [2.45, 2.75) is 13.0 Å². The molecular formula is C12H17N5O. The van der Waals surface area contributed by atoms with E-state index in [4.69, 9.17) is 10.5 Å². The quantitative estimate of drug-likeness (QED) is 0.821. The Kier molecular flexibility index (Phi) is 2.89. The predicted octanol–water partition coefficient (Wildman–Crippen LogP) is 0.202. The molecule has 1 atom stereocenters. The Balaban J connectivity index is 1.89. The first kappa shape index (κ1) is 11.4. The fraction of sp³-hybridized carbons (Fsp3) is 0.500. The monoisotopic (exact) mass is 247 g/mol. The van der Waals surface area contributed by atoms with E-state index in [1.807, 2.05) is 25.3 Å². The Morgan fingerprint density at radius 2 is 2.44 bits per heavy atom. The molecule has 1 aliphatic heterocycles. The van der Waals surface area contributed by atoms with Gasteiger partial charge in [-0.05, 0) is 24.6 Å². The standard InChI is InChI=1S/C12H17N5O/c1-9-2-3-17-11(6-9)14-12(15-17)16-4-5-18-10(7-13)8-16/h2-3,6,10H,4-5,7-8,13H2,1H3. The van der Waals surface area contributed by atoms with Crippen LogP contribution in [-0.2, 0) is 4.74 Å². The van der Waals surface area contributed by atoms with Gasteiger partial charge in [0.05, 0.1) is 12.7 Å². The van der Waals surface area contributed by atoms with Gasteiger partial charge in [0, 0.05) is 25.8 Å². The van der Waals surface area contributed by atoms with Gasteiger partial charge in [-0.1, -0.05) is 0 Å². The molecule has 0 aromatic carbocycles. The van der Waals surface area contributed by atoms with Crippen molar-refractivity contribution in [2.75, 3.05) is 31.1 Å². The highest BCUT2D eigenvalue weighted by Crippen LogP contribution is 2.15. The first-order valence-electron chi connectivity index (χ1n) is 6.16. The van der Waals surface area contributed by atoms with Crippen LogP contribution in [0, 0.1) is 6.92 Å². The van der Waals surface area contributed by atoms with Crippen molar-refractivity contribution in [1.82, 2.24) is 14.6 Å². The molecule has 96 valence electrons. The van der Waals surface area contributed by atoms with Crippen LogP contribution in [0.3, 0.4) is 0 Å². The van der Waals surface area contributed by atoms with E-state index in [9.17, 15) is 0 Å². The van der Waals surface area contributed by atoms with Crippen LogP contribution in [0.1, 0.15) is 5.56 Å². The first-order valence-corrected chi connectivity index (χ1v) is 6.16. The summed E-state index contributed by atoms with van der Waals surface area (Å²) in [5.74, 6) is 0.752. The Morgan fingerprint density at radius 1 is 1.56 bits per heavy atom. The molecule has 6 nitrogen and oxygen atoms in total. The molecule has 0 aliphatic carbocycles. The summed E-state index contributed by atoms with van der Waals surface area (Å²) in [4.78, 5) is 6.68. The van der Waals surface area contributed by atoms with Gasteiger partial charge in [-0.25, -0.2) is 4.52 Å². The fourth-order valence-electron chi connectivity index (χ4n) is 2.15. The zero-order chi connectivity index (χ0) is 12.5. The molecule has 2 aromatic heterocycles. The van der Waals surface area contributed by atoms with Gasteiger partial charge in [0.2, 0.25) is 5.95 Å². The molecule has 0 saturated carbocycles. The fourth-order valence-corrected chi connectivity index (χ4v) is 2.15. The smallest absolute Gasteiger partial charge is 0.245 e. The number of fused-ring (bicyclic) bond motifs is 1. The summed E-state index contributed by atoms with van der Waals surface area (Å²) >= 11 is 0. The number of morpholine rings is 1. The average Bonchev–Trinajstić information content (AvgIpc) is 2.81. The van der Waals surface area contributed by atoms with Crippen molar-refractivity contribution in [3.8, 4) is 0 Å². The lowest BCUT2D eigenvalue weighted by Crippen LogP contribution is -2.46. The Bertz CT molecular complexity index is 552. The zero-order valence-corrected chi connectivity index (χ0v) is 10.4. The zero-order valence-electron chi connectivity index (χ0n) is 10.4. The third-order valence-corrected chi connectivity index (χ3v) is 3.17. The van der Waals surface area contributed by atoms with Crippen LogP contribution >= 0.6 is 0 Å². The van der Waals surface area contributed by atoms with E-state index in [0.29, 0.717) is 13.2 Å². The van der Waals surface area contributed by atoms with E-state index in [0.717, 1.165) is 24.7 Å². The molecule has 1 fully saturated rings. The number of nitrogens with two attached hydrogens (primary N) is 1. The third kappa shape index (κ3) is 2.04. The molecule has 6 heteroatoms. The molecule has 0 amide bonds. The van der Waals surface area contributed by atoms with Gasteiger partial charge in [-0.15, -0.1) is 5.10 Å². The maximum atomic E-state index is 5.64. The molecule has 0 radical (unpaired) electrons. The summed E-state index contributed by atoms with van der Waals surface area (Å²) in [6, 6.07) is 4.05. The van der Waals surface area contributed by atoms with E-state index in [1.54, 1.807) is 4.52 Å². The molecule has 0 spiro atoms. The molecule has 1 saturated heterocycles. The Labute approximate surface area is 105 Å². The molecule has 1 aliphatic rings. The summed E-state index contributed by atoms with van der Waals surface area (Å²) in [6.45, 7) is 4.83. The average molecular weight is 247 g/mol. The molecule has 18 heavy (non-hydrogen) atoms. The van der Waals surface area contributed by atoms with Crippen molar-refractivity contribution in [2.24, 2.45) is 5.73 Å². The maximum absolute atomic E-state index is 5.64. The van der Waals surface area contributed by atoms with Crippen LogP contribution < -0.4 is 10.6 Å². The second-order valence-corrected chi connectivity index (χ2v) is 4.59. The van der Waals surface area contributed by atoms with Gasteiger partial charge in [0.25, 0.3) is 0 Å². The number of aryl methyl sites for hydroxylation is 1. The summed E-state index contributed by atoms with van der Waals surface area (Å²) in [5.41, 5.74) is 7.70. The van der Waals surface area contributed by atoms with Gasteiger partial charge in [-0.2, -0.15) is 4.98 Å². The topological polar surface area (TPSA) is 68.7 Å². The van der Waals surface area contributed by atoms with E-state index in [-0.39, 0.29) is 6.10 Å². The van der Waals surface area contributed by atoms with E-state index < -0.39 is 0 Å². The second kappa shape index (κ2) is 4.55. The number of hydrogen-bond donors (Lipinski definition) is 1. The SMILES string of the molecule is Cc1ccn2nc(N3CCOC(CN)C3)nc2c1. The van der Waals surface area contributed by atoms with Gasteiger partial charge < -0.3 is 15.4 Å². The van der Waals surface area contributed by atoms with Crippen LogP contribution in [0.5, 0.6) is 0 Å². The minimum Gasteiger partial charge on any atom is -0.373 e. The van der Waals surface area contributed by atoms with Gasteiger partial charge >= 0.3 is 0 Å². The first-order chi connectivity index (χ1) is 8.76. The minimum absolute atomic E-state index is 0.0760. The summed E-state index contributed by atoms with van der Waals surface area (Å²) in [6.07, 6.45) is 2.01. The number of hydrogen-bond acceptors (Lipinski definition) is 5.